The number of ether oxygens (including phenoxy) is 2. The maximum Gasteiger partial charge on any atom is 0.302 e. The Hall–Kier alpha value is -3.04. The molecule has 4 rings (SSSR count). The highest BCUT2D eigenvalue weighted by Gasteiger charge is 2.23. The zero-order valence-corrected chi connectivity index (χ0v) is 21.1. The number of likely N-dealkylation sites (tertiary alicyclic amines) is 1. The minimum Gasteiger partial charge on any atom is -0.493 e. The van der Waals surface area contributed by atoms with E-state index in [2.05, 4.69) is 15.3 Å². The highest BCUT2D eigenvalue weighted by Crippen LogP contribution is 2.30. The standard InChI is InChI=1S/C26H32N4O4S/c1-3-34-24-15-20(9-12-23(24)33-2)22-18-35-26(32)30(28-22)16-19-7-10-21(11-8-19)27-25(31)17-29-13-5-4-6-14-29/h7-12,15H,3-6,13-14,16-18H2,1-2H3,(H,27,31). The topological polar surface area (TPSA) is 83.5 Å². The number of amides is 2. The first-order chi connectivity index (χ1) is 17.1. The molecule has 9 heteroatoms. The van der Waals surface area contributed by atoms with Crippen LogP contribution in [0.4, 0.5) is 10.5 Å². The van der Waals surface area contributed by atoms with Crippen molar-refractivity contribution in [3.8, 4) is 11.5 Å². The fraction of sp³-hybridized carbons (Fsp3) is 0.423. The Morgan fingerprint density at radius 1 is 1.09 bits per heavy atom. The van der Waals surface area contributed by atoms with Crippen LogP contribution >= 0.6 is 11.8 Å². The zero-order valence-electron chi connectivity index (χ0n) is 20.3. The van der Waals surface area contributed by atoms with E-state index < -0.39 is 0 Å². The highest BCUT2D eigenvalue weighted by molar-refractivity contribution is 8.14. The van der Waals surface area contributed by atoms with Gasteiger partial charge in [-0.1, -0.05) is 30.3 Å². The van der Waals surface area contributed by atoms with E-state index >= 15 is 0 Å². The molecule has 2 aliphatic heterocycles. The van der Waals surface area contributed by atoms with E-state index in [9.17, 15) is 9.59 Å². The number of nitrogens with one attached hydrogen (secondary N) is 1. The Bertz CT molecular complexity index is 1070. The molecule has 0 spiro atoms. The third-order valence-corrected chi connectivity index (χ3v) is 6.84. The van der Waals surface area contributed by atoms with Crippen LogP contribution in [-0.4, -0.2) is 65.9 Å². The lowest BCUT2D eigenvalue weighted by Gasteiger charge is -2.25. The van der Waals surface area contributed by atoms with Gasteiger partial charge in [0.25, 0.3) is 0 Å². The van der Waals surface area contributed by atoms with Gasteiger partial charge in [-0.15, -0.1) is 0 Å². The second-order valence-corrected chi connectivity index (χ2v) is 9.47. The molecule has 2 aromatic rings. The highest BCUT2D eigenvalue weighted by atomic mass is 32.2. The number of nitrogens with zero attached hydrogens (tertiary/aromatic N) is 3. The SMILES string of the molecule is CCOc1cc(C2=NN(Cc3ccc(NC(=O)CN4CCCCC4)cc3)C(=O)SC2)ccc1OC. The van der Waals surface area contributed by atoms with E-state index in [0.717, 1.165) is 48.5 Å². The summed E-state index contributed by atoms with van der Waals surface area (Å²) >= 11 is 1.23. The van der Waals surface area contributed by atoms with Gasteiger partial charge < -0.3 is 14.8 Å². The van der Waals surface area contributed by atoms with Crippen LogP contribution in [0.25, 0.3) is 0 Å². The molecule has 0 saturated carbocycles. The first kappa shape index (κ1) is 25.1. The Labute approximate surface area is 210 Å². The number of rotatable bonds is 9. The van der Waals surface area contributed by atoms with E-state index in [0.29, 0.717) is 36.9 Å². The van der Waals surface area contributed by atoms with Crippen LogP contribution in [0.15, 0.2) is 47.6 Å². The fourth-order valence-corrected chi connectivity index (χ4v) is 4.91. The third kappa shape index (κ3) is 6.76. The second-order valence-electron chi connectivity index (χ2n) is 8.54. The van der Waals surface area contributed by atoms with E-state index in [1.54, 1.807) is 7.11 Å². The smallest absolute Gasteiger partial charge is 0.302 e. The fourth-order valence-electron chi connectivity index (χ4n) is 4.17. The van der Waals surface area contributed by atoms with E-state index in [1.165, 1.54) is 23.2 Å². The maximum atomic E-state index is 12.5. The minimum absolute atomic E-state index is 0.00223. The molecule has 2 aliphatic rings. The van der Waals surface area contributed by atoms with Gasteiger partial charge >= 0.3 is 5.24 Å². The number of piperidine rings is 1. The molecule has 0 bridgehead atoms. The summed E-state index contributed by atoms with van der Waals surface area (Å²) in [6, 6.07) is 13.2. The number of methoxy groups -OCH3 is 1. The molecule has 8 nitrogen and oxygen atoms in total. The molecule has 0 atom stereocenters. The van der Waals surface area contributed by atoms with Crippen molar-refractivity contribution in [3.63, 3.8) is 0 Å². The van der Waals surface area contributed by atoms with Crippen LogP contribution in [0.1, 0.15) is 37.3 Å². The molecule has 1 fully saturated rings. The minimum atomic E-state index is -0.0915. The average molecular weight is 497 g/mol. The van der Waals surface area contributed by atoms with Crippen molar-refractivity contribution in [1.82, 2.24) is 9.91 Å². The monoisotopic (exact) mass is 496 g/mol. The predicted octanol–water partition coefficient (Wildman–Crippen LogP) is 4.59. The van der Waals surface area contributed by atoms with Gasteiger partial charge in [-0.2, -0.15) is 5.10 Å². The summed E-state index contributed by atoms with van der Waals surface area (Å²) < 4.78 is 11.0. The number of hydrogen-bond donors (Lipinski definition) is 1. The number of benzene rings is 2. The van der Waals surface area contributed by atoms with Gasteiger partial charge in [0.15, 0.2) is 11.5 Å². The Morgan fingerprint density at radius 3 is 2.57 bits per heavy atom. The summed E-state index contributed by atoms with van der Waals surface area (Å²) in [5.74, 6) is 1.81. The average Bonchev–Trinajstić information content (AvgIpc) is 2.87. The molecule has 0 radical (unpaired) electrons. The van der Waals surface area contributed by atoms with Crippen molar-refractivity contribution in [2.24, 2.45) is 5.10 Å². The number of hydrogen-bond acceptors (Lipinski definition) is 7. The Kier molecular flexibility index (Phi) is 8.65. The van der Waals surface area contributed by atoms with Gasteiger partial charge in [-0.3, -0.25) is 14.5 Å². The Morgan fingerprint density at radius 2 is 1.86 bits per heavy atom. The second kappa shape index (κ2) is 12.1. The first-order valence-corrected chi connectivity index (χ1v) is 13.0. The lowest BCUT2D eigenvalue weighted by Crippen LogP contribution is -2.36. The third-order valence-electron chi connectivity index (χ3n) is 5.97. The molecule has 0 aromatic heterocycles. The van der Waals surface area contributed by atoms with Gasteiger partial charge in [-0.25, -0.2) is 5.01 Å². The van der Waals surface area contributed by atoms with Crippen LogP contribution in [0.3, 0.4) is 0 Å². The number of hydrazone groups is 1. The Balaban J connectivity index is 1.39. The van der Waals surface area contributed by atoms with Gasteiger partial charge in [0.05, 0.1) is 32.5 Å². The van der Waals surface area contributed by atoms with Crippen molar-refractivity contribution in [1.29, 1.82) is 0 Å². The summed E-state index contributed by atoms with van der Waals surface area (Å²) in [4.78, 5) is 27.1. The van der Waals surface area contributed by atoms with Gasteiger partial charge in [-0.05, 0) is 68.8 Å². The molecule has 2 aromatic carbocycles. The van der Waals surface area contributed by atoms with Gasteiger partial charge in [0.2, 0.25) is 5.91 Å². The number of thioether (sulfide) groups is 1. The van der Waals surface area contributed by atoms with E-state index in [4.69, 9.17) is 9.47 Å². The summed E-state index contributed by atoms with van der Waals surface area (Å²) in [7, 11) is 1.61. The summed E-state index contributed by atoms with van der Waals surface area (Å²) in [5.41, 5.74) is 3.38. The number of carbonyl (C=O) groups is 2. The van der Waals surface area contributed by atoms with Crippen LogP contribution in [0.2, 0.25) is 0 Å². The van der Waals surface area contributed by atoms with Crippen LogP contribution < -0.4 is 14.8 Å². The molecule has 0 unspecified atom stereocenters. The van der Waals surface area contributed by atoms with Crippen molar-refractivity contribution in [2.75, 3.05) is 44.4 Å². The maximum absolute atomic E-state index is 12.5. The number of carbonyl (C=O) groups excluding carboxylic acids is 2. The van der Waals surface area contributed by atoms with Crippen molar-refractivity contribution < 1.29 is 19.1 Å². The molecular formula is C26H32N4O4S. The van der Waals surface area contributed by atoms with Crippen LogP contribution in [0, 0.1) is 0 Å². The lowest BCUT2D eigenvalue weighted by atomic mass is 10.1. The van der Waals surface area contributed by atoms with Crippen molar-refractivity contribution in [3.05, 3.63) is 53.6 Å². The number of anilines is 1. The molecule has 0 aliphatic carbocycles. The molecular weight excluding hydrogens is 464 g/mol. The largest absolute Gasteiger partial charge is 0.493 e. The summed E-state index contributed by atoms with van der Waals surface area (Å²) in [6.45, 7) is 5.20. The molecule has 2 heterocycles. The zero-order chi connectivity index (χ0) is 24.6. The van der Waals surface area contributed by atoms with Crippen LogP contribution in [-0.2, 0) is 11.3 Å². The van der Waals surface area contributed by atoms with Gasteiger partial charge in [0.1, 0.15) is 0 Å². The molecule has 186 valence electrons. The first-order valence-electron chi connectivity index (χ1n) is 12.0. The quantitative estimate of drug-likeness (QED) is 0.547. The summed E-state index contributed by atoms with van der Waals surface area (Å²) in [5, 5.41) is 8.99. The normalized spacial score (nSPS) is 16.6. The van der Waals surface area contributed by atoms with Crippen molar-refractivity contribution in [2.45, 2.75) is 32.7 Å². The van der Waals surface area contributed by atoms with Gasteiger partial charge in [0, 0.05) is 17.0 Å². The van der Waals surface area contributed by atoms with Crippen molar-refractivity contribution >= 4 is 34.3 Å². The molecule has 1 N–H and O–H groups in total. The lowest BCUT2D eigenvalue weighted by molar-refractivity contribution is -0.117. The molecule has 35 heavy (non-hydrogen) atoms. The summed E-state index contributed by atoms with van der Waals surface area (Å²) in [6.07, 6.45) is 3.56. The molecule has 1 saturated heterocycles. The predicted molar refractivity (Wildman–Crippen MR) is 139 cm³/mol. The van der Waals surface area contributed by atoms with E-state index in [1.807, 2.05) is 49.4 Å². The van der Waals surface area contributed by atoms with E-state index in [-0.39, 0.29) is 11.1 Å². The molecule has 2 amide bonds. The van der Waals surface area contributed by atoms with Crippen LogP contribution in [0.5, 0.6) is 11.5 Å².